The molecule has 2 aromatic rings. The fourth-order valence-corrected chi connectivity index (χ4v) is 4.53. The quantitative estimate of drug-likeness (QED) is 0.550. The molecule has 2 aromatic carbocycles. The zero-order valence-electron chi connectivity index (χ0n) is 17.1. The molecule has 0 aliphatic carbocycles. The lowest BCUT2D eigenvalue weighted by molar-refractivity contribution is -0.126. The molecule has 2 amide bonds. The maximum Gasteiger partial charge on any atom is 0.262 e. The number of likely N-dealkylation sites (tertiary alicyclic amines) is 1. The van der Waals surface area contributed by atoms with Gasteiger partial charge < -0.3 is 10.2 Å². The van der Waals surface area contributed by atoms with Crippen LogP contribution >= 0.6 is 11.6 Å². The van der Waals surface area contributed by atoms with Crippen molar-refractivity contribution in [1.82, 2.24) is 9.80 Å². The van der Waals surface area contributed by atoms with Gasteiger partial charge in [0.15, 0.2) is 0 Å². The van der Waals surface area contributed by atoms with Crippen molar-refractivity contribution in [2.45, 2.75) is 31.6 Å². The van der Waals surface area contributed by atoms with Crippen molar-refractivity contribution in [1.29, 1.82) is 0 Å². The Morgan fingerprint density at radius 2 is 1.63 bits per heavy atom. The SMILES string of the molecule is O=C1CNc2ccccc2C(=O)N1CCCCN1CCC(c2ccc(Cl)cc2)CC1. The van der Waals surface area contributed by atoms with Gasteiger partial charge in [-0.3, -0.25) is 14.5 Å². The molecule has 1 saturated heterocycles. The lowest BCUT2D eigenvalue weighted by Crippen LogP contribution is -2.39. The van der Waals surface area contributed by atoms with Gasteiger partial charge in [0.25, 0.3) is 5.91 Å². The van der Waals surface area contributed by atoms with Gasteiger partial charge in [-0.25, -0.2) is 0 Å². The first-order chi connectivity index (χ1) is 14.6. The third-order valence-corrected chi connectivity index (χ3v) is 6.42. The maximum atomic E-state index is 12.8. The van der Waals surface area contributed by atoms with E-state index in [0.29, 0.717) is 18.0 Å². The monoisotopic (exact) mass is 425 g/mol. The molecule has 0 bridgehead atoms. The number of imide groups is 1. The molecule has 6 heteroatoms. The Kier molecular flexibility index (Phi) is 6.70. The largest absolute Gasteiger partial charge is 0.375 e. The van der Waals surface area contributed by atoms with E-state index < -0.39 is 0 Å². The van der Waals surface area contributed by atoms with Crippen LogP contribution in [0.15, 0.2) is 48.5 Å². The third kappa shape index (κ3) is 4.85. The van der Waals surface area contributed by atoms with Crippen LogP contribution in [0.4, 0.5) is 5.69 Å². The summed E-state index contributed by atoms with van der Waals surface area (Å²) in [5.74, 6) is 0.266. The summed E-state index contributed by atoms with van der Waals surface area (Å²) in [4.78, 5) is 29.1. The molecule has 30 heavy (non-hydrogen) atoms. The van der Waals surface area contributed by atoms with E-state index in [-0.39, 0.29) is 18.4 Å². The number of hydrogen-bond acceptors (Lipinski definition) is 4. The van der Waals surface area contributed by atoms with Crippen LogP contribution in [0.25, 0.3) is 0 Å². The van der Waals surface area contributed by atoms with Crippen LogP contribution in [-0.2, 0) is 4.79 Å². The van der Waals surface area contributed by atoms with Gasteiger partial charge in [-0.15, -0.1) is 0 Å². The smallest absolute Gasteiger partial charge is 0.262 e. The number of nitrogens with zero attached hydrogens (tertiary/aromatic N) is 2. The van der Waals surface area contributed by atoms with Crippen molar-refractivity contribution in [3.63, 3.8) is 0 Å². The molecule has 2 aliphatic heterocycles. The molecule has 1 N–H and O–H groups in total. The fraction of sp³-hybridized carbons (Fsp3) is 0.417. The van der Waals surface area contributed by atoms with E-state index in [1.165, 1.54) is 10.5 Å². The lowest BCUT2D eigenvalue weighted by Gasteiger charge is -2.32. The first kappa shape index (κ1) is 20.9. The highest BCUT2D eigenvalue weighted by Gasteiger charge is 2.27. The number of anilines is 1. The van der Waals surface area contributed by atoms with Gasteiger partial charge in [0.05, 0.1) is 12.1 Å². The summed E-state index contributed by atoms with van der Waals surface area (Å²) in [5, 5.41) is 3.86. The summed E-state index contributed by atoms with van der Waals surface area (Å²) >= 11 is 6.00. The van der Waals surface area contributed by atoms with Gasteiger partial charge in [-0.1, -0.05) is 35.9 Å². The number of carbonyl (C=O) groups is 2. The molecule has 0 radical (unpaired) electrons. The van der Waals surface area contributed by atoms with Crippen molar-refractivity contribution in [3.8, 4) is 0 Å². The van der Waals surface area contributed by atoms with Crippen LogP contribution in [0, 0.1) is 0 Å². The predicted molar refractivity (Wildman–Crippen MR) is 120 cm³/mol. The summed E-state index contributed by atoms with van der Waals surface area (Å²) in [6.45, 7) is 3.84. The van der Waals surface area contributed by atoms with E-state index in [2.05, 4.69) is 22.3 Å². The Bertz CT molecular complexity index is 892. The Hall–Kier alpha value is -2.37. The Labute approximate surface area is 183 Å². The minimum absolute atomic E-state index is 0.153. The molecule has 158 valence electrons. The number of piperidine rings is 1. The number of nitrogens with one attached hydrogen (secondary N) is 1. The summed E-state index contributed by atoms with van der Waals surface area (Å²) in [6, 6.07) is 15.6. The van der Waals surface area contributed by atoms with E-state index in [1.807, 2.05) is 30.3 Å². The molecule has 5 nitrogen and oxygen atoms in total. The van der Waals surface area contributed by atoms with Crippen LogP contribution in [0.1, 0.15) is 47.5 Å². The minimum atomic E-state index is -0.190. The fourth-order valence-electron chi connectivity index (χ4n) is 4.41. The van der Waals surface area contributed by atoms with Crippen LogP contribution in [-0.4, -0.2) is 54.3 Å². The van der Waals surface area contributed by atoms with Crippen LogP contribution in [0.3, 0.4) is 0 Å². The summed E-state index contributed by atoms with van der Waals surface area (Å²) in [5.41, 5.74) is 2.70. The number of para-hydroxylation sites is 1. The number of fused-ring (bicyclic) bond motifs is 1. The van der Waals surface area contributed by atoms with Crippen molar-refractivity contribution >= 4 is 29.1 Å². The van der Waals surface area contributed by atoms with Crippen LogP contribution in [0.2, 0.25) is 5.02 Å². The number of rotatable bonds is 6. The number of benzene rings is 2. The standard InChI is InChI=1S/C24H28ClN3O2/c25-20-9-7-18(8-10-20)19-11-15-27(16-12-19)13-3-4-14-28-23(29)17-26-22-6-2-1-5-21(22)24(28)30/h1-2,5-10,19,26H,3-4,11-17H2. The topological polar surface area (TPSA) is 52.7 Å². The molecule has 0 saturated carbocycles. The van der Waals surface area contributed by atoms with Crippen molar-refractivity contribution < 1.29 is 9.59 Å². The number of unbranched alkanes of at least 4 members (excludes halogenated alkanes) is 1. The molecular weight excluding hydrogens is 398 g/mol. The van der Waals surface area contributed by atoms with E-state index in [0.717, 1.165) is 56.0 Å². The molecular formula is C24H28ClN3O2. The van der Waals surface area contributed by atoms with Crippen molar-refractivity contribution in [2.24, 2.45) is 0 Å². The summed E-state index contributed by atoms with van der Waals surface area (Å²) < 4.78 is 0. The second-order valence-electron chi connectivity index (χ2n) is 8.12. The molecule has 2 heterocycles. The second kappa shape index (κ2) is 9.63. The highest BCUT2D eigenvalue weighted by Crippen LogP contribution is 2.29. The highest BCUT2D eigenvalue weighted by atomic mass is 35.5. The molecule has 0 spiro atoms. The molecule has 4 rings (SSSR count). The third-order valence-electron chi connectivity index (χ3n) is 6.17. The van der Waals surface area contributed by atoms with Crippen LogP contribution in [0.5, 0.6) is 0 Å². The maximum absolute atomic E-state index is 12.8. The molecule has 2 aliphatic rings. The molecule has 0 aromatic heterocycles. The molecule has 1 fully saturated rings. The number of hydrogen-bond donors (Lipinski definition) is 1. The van der Waals surface area contributed by atoms with E-state index in [1.54, 1.807) is 6.07 Å². The Balaban J connectivity index is 1.22. The van der Waals surface area contributed by atoms with Gasteiger partial charge in [0.1, 0.15) is 0 Å². The predicted octanol–water partition coefficient (Wildman–Crippen LogP) is 4.39. The van der Waals surface area contributed by atoms with E-state index in [4.69, 9.17) is 11.6 Å². The van der Waals surface area contributed by atoms with Gasteiger partial charge in [0, 0.05) is 17.3 Å². The van der Waals surface area contributed by atoms with E-state index >= 15 is 0 Å². The van der Waals surface area contributed by atoms with Gasteiger partial charge >= 0.3 is 0 Å². The molecule has 0 unspecified atom stereocenters. The Morgan fingerprint density at radius 1 is 0.933 bits per heavy atom. The molecule has 0 atom stereocenters. The lowest BCUT2D eigenvalue weighted by atomic mass is 9.89. The van der Waals surface area contributed by atoms with Crippen LogP contribution < -0.4 is 5.32 Å². The van der Waals surface area contributed by atoms with Gasteiger partial charge in [-0.2, -0.15) is 0 Å². The number of halogens is 1. The summed E-state index contributed by atoms with van der Waals surface area (Å²) in [6.07, 6.45) is 4.13. The minimum Gasteiger partial charge on any atom is -0.375 e. The number of carbonyl (C=O) groups excluding carboxylic acids is 2. The van der Waals surface area contributed by atoms with Gasteiger partial charge in [-0.05, 0) is 81.1 Å². The average Bonchev–Trinajstić information content (AvgIpc) is 2.89. The van der Waals surface area contributed by atoms with Gasteiger partial charge in [0.2, 0.25) is 5.91 Å². The normalized spacial score (nSPS) is 18.1. The van der Waals surface area contributed by atoms with E-state index in [9.17, 15) is 9.59 Å². The number of amides is 2. The first-order valence-corrected chi connectivity index (χ1v) is 11.1. The van der Waals surface area contributed by atoms with Crippen molar-refractivity contribution in [3.05, 3.63) is 64.7 Å². The van der Waals surface area contributed by atoms with Crippen molar-refractivity contribution in [2.75, 3.05) is 38.0 Å². The second-order valence-corrected chi connectivity index (χ2v) is 8.56. The first-order valence-electron chi connectivity index (χ1n) is 10.8. The summed E-state index contributed by atoms with van der Waals surface area (Å²) in [7, 11) is 0. The zero-order valence-corrected chi connectivity index (χ0v) is 17.9. The Morgan fingerprint density at radius 3 is 2.40 bits per heavy atom. The highest BCUT2D eigenvalue weighted by molar-refractivity contribution is 6.30. The average molecular weight is 426 g/mol. The zero-order chi connectivity index (χ0) is 20.9.